The maximum atomic E-state index is 12.1. The lowest BCUT2D eigenvalue weighted by atomic mass is 10.1. The first-order valence-corrected chi connectivity index (χ1v) is 10.3. The molecular formula is C21H34N6O2. The van der Waals surface area contributed by atoms with Crippen LogP contribution >= 0.6 is 0 Å². The number of carbonyl (C=O) groups excluding carboxylic acids is 2. The van der Waals surface area contributed by atoms with Crippen LogP contribution in [0.5, 0.6) is 0 Å². The summed E-state index contributed by atoms with van der Waals surface area (Å²) in [5, 5.41) is 14.7. The third-order valence-corrected chi connectivity index (χ3v) is 4.73. The largest absolute Gasteiger partial charge is 0.352 e. The van der Waals surface area contributed by atoms with Gasteiger partial charge in [-0.2, -0.15) is 10.2 Å². The lowest BCUT2D eigenvalue weighted by Crippen LogP contribution is -2.25. The third kappa shape index (κ3) is 6.73. The minimum atomic E-state index is -0.0503. The van der Waals surface area contributed by atoms with Crippen LogP contribution < -0.4 is 10.6 Å². The highest BCUT2D eigenvalue weighted by molar-refractivity contribution is 5.78. The van der Waals surface area contributed by atoms with Crippen molar-refractivity contribution in [2.24, 2.45) is 14.1 Å². The van der Waals surface area contributed by atoms with E-state index in [1.807, 2.05) is 26.5 Å². The normalized spacial score (nSPS) is 11.3. The van der Waals surface area contributed by atoms with E-state index in [-0.39, 0.29) is 11.8 Å². The SMILES string of the molecule is CC(C)c1nn(C)cc1CNC(=O)CCCC(=O)NCc1cn(C)nc1C(C)C. The second kappa shape index (κ2) is 10.2. The van der Waals surface area contributed by atoms with E-state index in [2.05, 4.69) is 48.5 Å². The van der Waals surface area contributed by atoms with Gasteiger partial charge >= 0.3 is 0 Å². The first-order valence-electron chi connectivity index (χ1n) is 10.3. The van der Waals surface area contributed by atoms with Crippen molar-refractivity contribution in [1.82, 2.24) is 30.2 Å². The van der Waals surface area contributed by atoms with Crippen molar-refractivity contribution in [2.75, 3.05) is 0 Å². The first-order chi connectivity index (χ1) is 13.7. The smallest absolute Gasteiger partial charge is 0.220 e. The highest BCUT2D eigenvalue weighted by Crippen LogP contribution is 2.18. The van der Waals surface area contributed by atoms with E-state index >= 15 is 0 Å². The Hall–Kier alpha value is -2.64. The van der Waals surface area contributed by atoms with Crippen LogP contribution in [0.15, 0.2) is 12.4 Å². The Balaban J connectivity index is 1.70. The molecule has 0 fully saturated rings. The van der Waals surface area contributed by atoms with Gasteiger partial charge < -0.3 is 10.6 Å². The van der Waals surface area contributed by atoms with Crippen molar-refractivity contribution in [2.45, 2.75) is 71.9 Å². The van der Waals surface area contributed by atoms with Crippen LogP contribution in [0.4, 0.5) is 0 Å². The van der Waals surface area contributed by atoms with Gasteiger partial charge in [0.25, 0.3) is 0 Å². The van der Waals surface area contributed by atoms with Gasteiger partial charge in [-0.25, -0.2) is 0 Å². The van der Waals surface area contributed by atoms with Crippen LogP contribution in [0.3, 0.4) is 0 Å². The number of rotatable bonds is 10. The number of carbonyl (C=O) groups is 2. The highest BCUT2D eigenvalue weighted by Gasteiger charge is 2.14. The molecule has 160 valence electrons. The topological polar surface area (TPSA) is 93.8 Å². The summed E-state index contributed by atoms with van der Waals surface area (Å²) in [5.74, 6) is 0.516. The summed E-state index contributed by atoms with van der Waals surface area (Å²) in [6, 6.07) is 0. The Morgan fingerprint density at radius 2 is 1.21 bits per heavy atom. The number of amides is 2. The van der Waals surface area contributed by atoms with Gasteiger partial charge in [-0.3, -0.25) is 19.0 Å². The molecule has 0 radical (unpaired) electrons. The molecule has 0 aliphatic heterocycles. The van der Waals surface area contributed by atoms with Crippen molar-refractivity contribution in [1.29, 1.82) is 0 Å². The summed E-state index contributed by atoms with van der Waals surface area (Å²) in [6.45, 7) is 9.27. The van der Waals surface area contributed by atoms with Crippen LogP contribution in [0.25, 0.3) is 0 Å². The van der Waals surface area contributed by atoms with Crippen LogP contribution in [0, 0.1) is 0 Å². The molecule has 8 nitrogen and oxygen atoms in total. The zero-order chi connectivity index (χ0) is 21.6. The van der Waals surface area contributed by atoms with E-state index in [0.29, 0.717) is 44.2 Å². The van der Waals surface area contributed by atoms with Crippen molar-refractivity contribution >= 4 is 11.8 Å². The Kier molecular flexibility index (Phi) is 7.99. The highest BCUT2D eigenvalue weighted by atomic mass is 16.2. The molecule has 2 heterocycles. The summed E-state index contributed by atoms with van der Waals surface area (Å²) in [5.41, 5.74) is 4.07. The maximum absolute atomic E-state index is 12.1. The Labute approximate surface area is 173 Å². The Morgan fingerprint density at radius 1 is 0.828 bits per heavy atom. The van der Waals surface area contributed by atoms with Gasteiger partial charge in [0.15, 0.2) is 0 Å². The van der Waals surface area contributed by atoms with Crippen LogP contribution in [0.1, 0.15) is 81.3 Å². The average Bonchev–Trinajstić information content (AvgIpc) is 3.20. The zero-order valence-electron chi connectivity index (χ0n) is 18.5. The van der Waals surface area contributed by atoms with E-state index in [0.717, 1.165) is 22.5 Å². The predicted octanol–water partition coefficient (Wildman–Crippen LogP) is 2.50. The van der Waals surface area contributed by atoms with Crippen molar-refractivity contribution in [3.05, 3.63) is 34.9 Å². The van der Waals surface area contributed by atoms with Crippen molar-refractivity contribution in [3.63, 3.8) is 0 Å². The van der Waals surface area contributed by atoms with Gasteiger partial charge in [0, 0.05) is 63.5 Å². The molecule has 0 aliphatic carbocycles. The summed E-state index contributed by atoms with van der Waals surface area (Å²) < 4.78 is 3.54. The fourth-order valence-electron chi connectivity index (χ4n) is 3.33. The lowest BCUT2D eigenvalue weighted by molar-refractivity contribution is -0.122. The Bertz CT molecular complexity index is 766. The molecule has 2 rings (SSSR count). The molecule has 0 saturated heterocycles. The molecule has 29 heavy (non-hydrogen) atoms. The van der Waals surface area contributed by atoms with Gasteiger partial charge in [-0.05, 0) is 18.3 Å². The van der Waals surface area contributed by atoms with Crippen LogP contribution in [-0.2, 0) is 36.8 Å². The van der Waals surface area contributed by atoms with Crippen LogP contribution in [-0.4, -0.2) is 31.4 Å². The molecule has 2 amide bonds. The van der Waals surface area contributed by atoms with E-state index in [9.17, 15) is 9.59 Å². The molecule has 0 atom stereocenters. The predicted molar refractivity (Wildman–Crippen MR) is 112 cm³/mol. The molecule has 0 aromatic carbocycles. The zero-order valence-corrected chi connectivity index (χ0v) is 18.5. The summed E-state index contributed by atoms with van der Waals surface area (Å²) in [4.78, 5) is 24.2. The molecule has 8 heteroatoms. The number of hydrogen-bond acceptors (Lipinski definition) is 4. The maximum Gasteiger partial charge on any atom is 0.220 e. The van der Waals surface area contributed by atoms with Gasteiger partial charge in [-0.1, -0.05) is 27.7 Å². The number of aryl methyl sites for hydroxylation is 2. The number of aromatic nitrogens is 4. The minimum absolute atomic E-state index is 0.0503. The number of nitrogens with zero attached hydrogens (tertiary/aromatic N) is 4. The van der Waals surface area contributed by atoms with E-state index < -0.39 is 0 Å². The fourth-order valence-corrected chi connectivity index (χ4v) is 3.33. The first kappa shape index (κ1) is 22.6. The number of nitrogens with one attached hydrogen (secondary N) is 2. The molecule has 0 spiro atoms. The molecule has 0 aliphatic rings. The van der Waals surface area contributed by atoms with Gasteiger partial charge in [0.1, 0.15) is 0 Å². The molecule has 2 aromatic rings. The van der Waals surface area contributed by atoms with E-state index in [4.69, 9.17) is 0 Å². The molecule has 2 aromatic heterocycles. The fraction of sp³-hybridized carbons (Fsp3) is 0.619. The van der Waals surface area contributed by atoms with Crippen LogP contribution in [0.2, 0.25) is 0 Å². The number of hydrogen-bond donors (Lipinski definition) is 2. The molecule has 0 unspecified atom stereocenters. The minimum Gasteiger partial charge on any atom is -0.352 e. The monoisotopic (exact) mass is 402 g/mol. The van der Waals surface area contributed by atoms with Gasteiger partial charge in [0.2, 0.25) is 11.8 Å². The van der Waals surface area contributed by atoms with E-state index in [1.165, 1.54) is 0 Å². The molecule has 0 bridgehead atoms. The second-order valence-corrected chi connectivity index (χ2v) is 8.14. The average molecular weight is 403 g/mol. The standard InChI is InChI=1S/C21H34N6O2/c1-14(2)20-16(12-26(5)24-20)10-22-18(28)8-7-9-19(29)23-11-17-13-27(6)25-21(17)15(3)4/h12-15H,7-11H2,1-6H3,(H,22,28)(H,23,29). The quantitative estimate of drug-likeness (QED) is 0.638. The second-order valence-electron chi connectivity index (χ2n) is 8.14. The van der Waals surface area contributed by atoms with Crippen molar-refractivity contribution in [3.8, 4) is 0 Å². The van der Waals surface area contributed by atoms with Crippen molar-refractivity contribution < 1.29 is 9.59 Å². The molecule has 0 saturated carbocycles. The summed E-state index contributed by atoms with van der Waals surface area (Å²) in [7, 11) is 3.76. The lowest BCUT2D eigenvalue weighted by Gasteiger charge is -2.08. The summed E-state index contributed by atoms with van der Waals surface area (Å²) in [6.07, 6.45) is 5.05. The van der Waals surface area contributed by atoms with Gasteiger partial charge in [-0.15, -0.1) is 0 Å². The molecule has 2 N–H and O–H groups in total. The molecular weight excluding hydrogens is 368 g/mol. The van der Waals surface area contributed by atoms with E-state index in [1.54, 1.807) is 9.36 Å². The Morgan fingerprint density at radius 3 is 1.55 bits per heavy atom. The third-order valence-electron chi connectivity index (χ3n) is 4.73. The van der Waals surface area contributed by atoms with Gasteiger partial charge in [0.05, 0.1) is 11.4 Å². The summed E-state index contributed by atoms with van der Waals surface area (Å²) >= 11 is 0.